The van der Waals surface area contributed by atoms with E-state index in [-0.39, 0.29) is 18.0 Å². The summed E-state index contributed by atoms with van der Waals surface area (Å²) >= 11 is 1.44. The SMILES string of the molecule is Cn1/c(=N\NC(=O)COc2ccccc2[N+](=O)[O-])sc2ccccc21. The zero-order chi connectivity index (χ0) is 17.8. The van der Waals surface area contributed by atoms with E-state index in [2.05, 4.69) is 10.5 Å². The van der Waals surface area contributed by atoms with E-state index in [0.29, 0.717) is 4.80 Å². The van der Waals surface area contributed by atoms with Gasteiger partial charge in [0.05, 0.1) is 15.1 Å². The first-order valence-electron chi connectivity index (χ1n) is 7.29. The number of ether oxygens (including phenoxy) is 1. The molecule has 0 saturated carbocycles. The summed E-state index contributed by atoms with van der Waals surface area (Å²) in [7, 11) is 1.85. The Balaban J connectivity index is 1.69. The molecular formula is C16H14N4O4S. The van der Waals surface area contributed by atoms with Gasteiger partial charge in [-0.1, -0.05) is 35.6 Å². The number of amides is 1. The fraction of sp³-hybridized carbons (Fsp3) is 0.125. The van der Waals surface area contributed by atoms with Crippen molar-refractivity contribution in [3.63, 3.8) is 0 Å². The van der Waals surface area contributed by atoms with E-state index in [9.17, 15) is 14.9 Å². The number of hydrogen-bond acceptors (Lipinski definition) is 6. The average Bonchev–Trinajstić information content (AvgIpc) is 2.94. The smallest absolute Gasteiger partial charge is 0.310 e. The molecule has 0 fully saturated rings. The largest absolute Gasteiger partial charge is 0.477 e. The van der Waals surface area contributed by atoms with Crippen LogP contribution in [0.2, 0.25) is 0 Å². The van der Waals surface area contributed by atoms with Crippen LogP contribution in [-0.2, 0) is 11.8 Å². The second-order valence-electron chi connectivity index (χ2n) is 5.07. The predicted molar refractivity (Wildman–Crippen MR) is 93.1 cm³/mol. The van der Waals surface area contributed by atoms with E-state index in [1.165, 1.54) is 29.5 Å². The molecule has 25 heavy (non-hydrogen) atoms. The van der Waals surface area contributed by atoms with Crippen molar-refractivity contribution in [1.29, 1.82) is 0 Å². The first kappa shape index (κ1) is 16.7. The maximum absolute atomic E-state index is 11.9. The summed E-state index contributed by atoms with van der Waals surface area (Å²) < 4.78 is 8.14. The van der Waals surface area contributed by atoms with Crippen LogP contribution < -0.4 is 15.0 Å². The van der Waals surface area contributed by atoms with Gasteiger partial charge < -0.3 is 9.30 Å². The number of benzene rings is 2. The number of nitro groups is 1. The first-order chi connectivity index (χ1) is 12.1. The predicted octanol–water partition coefficient (Wildman–Crippen LogP) is 2.16. The molecule has 1 aromatic heterocycles. The zero-order valence-electron chi connectivity index (χ0n) is 13.2. The highest BCUT2D eigenvalue weighted by atomic mass is 32.1. The van der Waals surface area contributed by atoms with E-state index in [1.807, 2.05) is 35.9 Å². The second kappa shape index (κ2) is 7.14. The summed E-state index contributed by atoms with van der Waals surface area (Å²) in [6.45, 7) is -0.372. The Bertz CT molecular complexity index is 1010. The number of hydrogen-bond donors (Lipinski definition) is 1. The van der Waals surface area contributed by atoms with Gasteiger partial charge in [-0.15, -0.1) is 5.10 Å². The monoisotopic (exact) mass is 358 g/mol. The molecule has 0 spiro atoms. The van der Waals surface area contributed by atoms with Gasteiger partial charge in [-0.2, -0.15) is 0 Å². The lowest BCUT2D eigenvalue weighted by atomic mass is 10.3. The highest BCUT2D eigenvalue weighted by molar-refractivity contribution is 7.16. The van der Waals surface area contributed by atoms with Gasteiger partial charge in [0.15, 0.2) is 12.4 Å². The van der Waals surface area contributed by atoms with Gasteiger partial charge in [0.25, 0.3) is 5.91 Å². The van der Waals surface area contributed by atoms with Gasteiger partial charge in [0, 0.05) is 13.1 Å². The summed E-state index contributed by atoms with van der Waals surface area (Å²) in [6, 6.07) is 13.7. The van der Waals surface area contributed by atoms with Crippen LogP contribution in [0.5, 0.6) is 5.75 Å². The summed E-state index contributed by atoms with van der Waals surface area (Å²) in [5.41, 5.74) is 3.22. The minimum Gasteiger partial charge on any atom is -0.477 e. The molecule has 3 rings (SSSR count). The highest BCUT2D eigenvalue weighted by Gasteiger charge is 2.14. The maximum atomic E-state index is 11.9. The molecule has 1 N–H and O–H groups in total. The molecule has 8 nitrogen and oxygen atoms in total. The molecule has 0 bridgehead atoms. The Labute approximate surface area is 146 Å². The molecular weight excluding hydrogens is 344 g/mol. The van der Waals surface area contributed by atoms with Gasteiger partial charge in [-0.3, -0.25) is 14.9 Å². The lowest BCUT2D eigenvalue weighted by Gasteiger charge is -2.05. The molecule has 0 radical (unpaired) electrons. The third-order valence-corrected chi connectivity index (χ3v) is 4.52. The summed E-state index contributed by atoms with van der Waals surface area (Å²) in [4.78, 5) is 22.9. The van der Waals surface area contributed by atoms with Crippen molar-refractivity contribution >= 4 is 33.1 Å². The molecule has 0 atom stereocenters. The number of para-hydroxylation sites is 3. The number of aromatic nitrogens is 1. The molecule has 0 aliphatic rings. The minimum absolute atomic E-state index is 0.0371. The maximum Gasteiger partial charge on any atom is 0.310 e. The average molecular weight is 358 g/mol. The Kier molecular flexibility index (Phi) is 4.75. The summed E-state index contributed by atoms with van der Waals surface area (Å²) in [6.07, 6.45) is 0. The van der Waals surface area contributed by atoms with Crippen LogP contribution in [0.1, 0.15) is 0 Å². The van der Waals surface area contributed by atoms with Crippen molar-refractivity contribution in [3.05, 3.63) is 63.4 Å². The molecule has 1 heterocycles. The van der Waals surface area contributed by atoms with E-state index in [4.69, 9.17) is 4.74 Å². The van der Waals surface area contributed by atoms with E-state index in [1.54, 1.807) is 6.07 Å². The second-order valence-corrected chi connectivity index (χ2v) is 6.08. The topological polar surface area (TPSA) is 98.8 Å². The van der Waals surface area contributed by atoms with E-state index < -0.39 is 10.8 Å². The standard InChI is InChI=1S/C16H14N4O4S/c1-19-12-7-3-5-9-14(12)25-16(19)18-17-15(21)10-24-13-8-4-2-6-11(13)20(22)23/h2-9H,10H2,1H3,(H,17,21)/b18-16+. The van der Waals surface area contributed by atoms with E-state index in [0.717, 1.165) is 10.2 Å². The highest BCUT2D eigenvalue weighted by Crippen LogP contribution is 2.25. The van der Waals surface area contributed by atoms with Crippen LogP contribution in [-0.4, -0.2) is 22.0 Å². The lowest BCUT2D eigenvalue weighted by molar-refractivity contribution is -0.385. The number of thiazole rings is 1. The van der Waals surface area contributed by atoms with Crippen LogP contribution in [0.25, 0.3) is 10.2 Å². The van der Waals surface area contributed by atoms with Crippen molar-refractivity contribution in [2.24, 2.45) is 12.1 Å². The van der Waals surface area contributed by atoms with Crippen LogP contribution >= 0.6 is 11.3 Å². The lowest BCUT2D eigenvalue weighted by Crippen LogP contribution is -2.27. The molecule has 128 valence electrons. The van der Waals surface area contributed by atoms with Crippen molar-refractivity contribution in [1.82, 2.24) is 9.99 Å². The molecule has 0 saturated heterocycles. The quantitative estimate of drug-likeness (QED) is 0.558. The van der Waals surface area contributed by atoms with Crippen LogP contribution in [0, 0.1) is 10.1 Å². The van der Waals surface area contributed by atoms with Crippen LogP contribution in [0.4, 0.5) is 5.69 Å². The van der Waals surface area contributed by atoms with Crippen molar-refractivity contribution in [2.75, 3.05) is 6.61 Å². The third kappa shape index (κ3) is 3.66. The fourth-order valence-corrected chi connectivity index (χ4v) is 3.18. The van der Waals surface area contributed by atoms with Gasteiger partial charge in [-0.05, 0) is 18.2 Å². The van der Waals surface area contributed by atoms with Gasteiger partial charge in [0.2, 0.25) is 4.80 Å². The number of rotatable bonds is 5. The number of nitrogens with zero attached hydrogens (tertiary/aromatic N) is 3. The molecule has 2 aromatic carbocycles. The Morgan fingerprint density at radius 3 is 2.76 bits per heavy atom. The molecule has 0 aliphatic heterocycles. The fourth-order valence-electron chi connectivity index (χ4n) is 2.20. The van der Waals surface area contributed by atoms with Crippen molar-refractivity contribution in [2.45, 2.75) is 0 Å². The number of carbonyl (C=O) groups is 1. The normalized spacial score (nSPS) is 11.5. The molecule has 0 unspecified atom stereocenters. The van der Waals surface area contributed by atoms with Crippen LogP contribution in [0.3, 0.4) is 0 Å². The number of nitro benzene ring substituents is 1. The summed E-state index contributed by atoms with van der Waals surface area (Å²) in [5, 5.41) is 15.0. The first-order valence-corrected chi connectivity index (χ1v) is 8.11. The molecule has 0 aliphatic carbocycles. The van der Waals surface area contributed by atoms with Gasteiger partial charge >= 0.3 is 5.69 Å². The molecule has 9 heteroatoms. The molecule has 1 amide bonds. The minimum atomic E-state index is -0.561. The number of fused-ring (bicyclic) bond motifs is 1. The Morgan fingerprint density at radius 1 is 1.28 bits per heavy atom. The third-order valence-electron chi connectivity index (χ3n) is 3.41. The van der Waals surface area contributed by atoms with E-state index >= 15 is 0 Å². The van der Waals surface area contributed by atoms with Crippen molar-refractivity contribution < 1.29 is 14.5 Å². The number of carbonyl (C=O) groups excluding carboxylic acids is 1. The molecule has 3 aromatic rings. The summed E-state index contributed by atoms with van der Waals surface area (Å²) in [5.74, 6) is -0.467. The van der Waals surface area contributed by atoms with Gasteiger partial charge in [0.1, 0.15) is 0 Å². The zero-order valence-corrected chi connectivity index (χ0v) is 14.0. The Hall–Kier alpha value is -3.20. The number of aryl methyl sites for hydroxylation is 1. The number of nitrogens with one attached hydrogen (secondary N) is 1. The van der Waals surface area contributed by atoms with Crippen LogP contribution in [0.15, 0.2) is 53.6 Å². The Morgan fingerprint density at radius 2 is 2.00 bits per heavy atom. The van der Waals surface area contributed by atoms with Gasteiger partial charge in [-0.25, -0.2) is 5.43 Å². The van der Waals surface area contributed by atoms with Crippen molar-refractivity contribution in [3.8, 4) is 5.75 Å².